The van der Waals surface area contributed by atoms with Crippen molar-refractivity contribution < 1.29 is 4.39 Å². The minimum atomic E-state index is -0.582. The van der Waals surface area contributed by atoms with Gasteiger partial charge in [-0.25, -0.2) is 4.39 Å². The van der Waals surface area contributed by atoms with Gasteiger partial charge in [-0.3, -0.25) is 0 Å². The fraction of sp³-hybridized carbons (Fsp3) is 0.222. The normalized spacial score (nSPS) is 11.1. The number of rotatable bonds is 3. The molecule has 0 fully saturated rings. The molecule has 0 spiro atoms. The van der Waals surface area contributed by atoms with E-state index in [1.165, 1.54) is 18.2 Å². The van der Waals surface area contributed by atoms with E-state index in [0.717, 1.165) is 0 Å². The molecule has 1 aromatic carbocycles. The molecule has 0 N–H and O–H groups in total. The molecular weight excluding hydrogens is 183 g/mol. The monoisotopic (exact) mass is 190 g/mol. The van der Waals surface area contributed by atoms with E-state index in [9.17, 15) is 4.39 Å². The van der Waals surface area contributed by atoms with E-state index < -0.39 is 11.7 Å². The minimum absolute atomic E-state index is 0.0243. The Kier molecular flexibility index (Phi) is 3.48. The van der Waals surface area contributed by atoms with Crippen LogP contribution in [0.5, 0.6) is 0 Å². The van der Waals surface area contributed by atoms with Crippen molar-refractivity contribution in [2.24, 2.45) is 5.11 Å². The van der Waals surface area contributed by atoms with Crippen LogP contribution in [-0.2, 0) is 0 Å². The smallest absolute Gasteiger partial charge is 0.123 e. The third-order valence-electron chi connectivity index (χ3n) is 1.73. The molecule has 5 heteroatoms. The van der Waals surface area contributed by atoms with Crippen molar-refractivity contribution in [1.82, 2.24) is 0 Å². The van der Waals surface area contributed by atoms with Gasteiger partial charge in [-0.1, -0.05) is 17.2 Å². The average Bonchev–Trinajstić information content (AvgIpc) is 2.19. The van der Waals surface area contributed by atoms with Crippen LogP contribution in [0.3, 0.4) is 0 Å². The van der Waals surface area contributed by atoms with Crippen LogP contribution in [0.15, 0.2) is 29.4 Å². The largest absolute Gasteiger partial charge is 0.207 e. The highest BCUT2D eigenvalue weighted by molar-refractivity contribution is 5.25. The quantitative estimate of drug-likeness (QED) is 0.410. The highest BCUT2D eigenvalue weighted by Crippen LogP contribution is 2.16. The Labute approximate surface area is 80.2 Å². The molecule has 0 radical (unpaired) electrons. The minimum Gasteiger partial charge on any atom is -0.207 e. The number of halogens is 1. The number of benzene rings is 1. The zero-order chi connectivity index (χ0) is 10.4. The number of nitriles is 1. The van der Waals surface area contributed by atoms with Gasteiger partial charge in [-0.2, -0.15) is 5.26 Å². The summed E-state index contributed by atoms with van der Waals surface area (Å²) in [4.78, 5) is 2.55. The molecular formula is C9H7FN4. The van der Waals surface area contributed by atoms with Crippen LogP contribution in [0, 0.1) is 17.1 Å². The summed E-state index contributed by atoms with van der Waals surface area (Å²) in [5, 5.41) is 12.0. The predicted octanol–water partition coefficient (Wildman–Crippen LogP) is 2.74. The molecule has 0 saturated heterocycles. The van der Waals surface area contributed by atoms with Crippen LogP contribution >= 0.6 is 0 Å². The van der Waals surface area contributed by atoms with Crippen molar-refractivity contribution >= 4 is 0 Å². The molecule has 0 aliphatic rings. The van der Waals surface area contributed by atoms with Crippen LogP contribution < -0.4 is 0 Å². The Hall–Kier alpha value is -2.05. The van der Waals surface area contributed by atoms with E-state index in [1.54, 1.807) is 6.07 Å². The van der Waals surface area contributed by atoms with Gasteiger partial charge in [0.15, 0.2) is 0 Å². The predicted molar refractivity (Wildman–Crippen MR) is 48.8 cm³/mol. The maximum Gasteiger partial charge on any atom is 0.123 e. The van der Waals surface area contributed by atoms with Gasteiger partial charge in [-0.15, -0.1) is 0 Å². The van der Waals surface area contributed by atoms with Gasteiger partial charge in [0, 0.05) is 11.5 Å². The molecule has 0 bridgehead atoms. The third-order valence-corrected chi connectivity index (χ3v) is 1.73. The van der Waals surface area contributed by atoms with E-state index in [1.807, 2.05) is 6.07 Å². The highest BCUT2D eigenvalue weighted by atomic mass is 19.1. The summed E-state index contributed by atoms with van der Waals surface area (Å²) in [6.45, 7) is 0.0243. The van der Waals surface area contributed by atoms with Gasteiger partial charge in [0.05, 0.1) is 12.0 Å². The van der Waals surface area contributed by atoms with Crippen LogP contribution in [0.4, 0.5) is 4.39 Å². The summed E-state index contributed by atoms with van der Waals surface area (Å²) < 4.78 is 12.8. The van der Waals surface area contributed by atoms with Crippen molar-refractivity contribution in [1.29, 1.82) is 5.26 Å². The lowest BCUT2D eigenvalue weighted by Gasteiger charge is -2.04. The number of nitrogens with zero attached hydrogens (tertiary/aromatic N) is 4. The maximum atomic E-state index is 12.8. The Bertz CT molecular complexity index is 404. The first-order valence-corrected chi connectivity index (χ1v) is 3.94. The molecule has 0 aliphatic carbocycles. The average molecular weight is 190 g/mol. The zero-order valence-corrected chi connectivity index (χ0v) is 7.26. The molecule has 14 heavy (non-hydrogen) atoms. The molecule has 0 saturated carbocycles. The first-order valence-electron chi connectivity index (χ1n) is 3.94. The van der Waals surface area contributed by atoms with Gasteiger partial charge >= 0.3 is 0 Å². The second-order valence-corrected chi connectivity index (χ2v) is 2.65. The molecule has 0 unspecified atom stereocenters. The molecule has 1 atom stereocenters. The summed E-state index contributed by atoms with van der Waals surface area (Å²) in [6.07, 6.45) is 0. The van der Waals surface area contributed by atoms with Crippen LogP contribution in [-0.4, -0.2) is 6.54 Å². The Balaban J connectivity index is 2.90. The Morgan fingerprint density at radius 2 is 2.43 bits per heavy atom. The summed E-state index contributed by atoms with van der Waals surface area (Å²) >= 11 is 0. The van der Waals surface area contributed by atoms with Crippen molar-refractivity contribution in [2.75, 3.05) is 6.54 Å². The summed E-state index contributed by atoms with van der Waals surface area (Å²) in [5.74, 6) is -0.981. The summed E-state index contributed by atoms with van der Waals surface area (Å²) in [5.41, 5.74) is 8.61. The zero-order valence-electron chi connectivity index (χ0n) is 7.26. The molecule has 1 aromatic rings. The first kappa shape index (κ1) is 10.0. The van der Waals surface area contributed by atoms with Crippen molar-refractivity contribution in [2.45, 2.75) is 5.92 Å². The highest BCUT2D eigenvalue weighted by Gasteiger charge is 2.09. The fourth-order valence-electron chi connectivity index (χ4n) is 1.06. The van der Waals surface area contributed by atoms with Gasteiger partial charge in [-0.05, 0) is 23.2 Å². The number of hydrogen-bond acceptors (Lipinski definition) is 2. The SMILES string of the molecule is N#C[C@H](CN=[N+]=[N-])c1cccc(F)c1. The van der Waals surface area contributed by atoms with Crippen LogP contribution in [0.1, 0.15) is 11.5 Å². The second kappa shape index (κ2) is 4.85. The van der Waals surface area contributed by atoms with Crippen molar-refractivity contribution in [3.05, 3.63) is 46.1 Å². The summed E-state index contributed by atoms with van der Waals surface area (Å²) in [6, 6.07) is 7.66. The summed E-state index contributed by atoms with van der Waals surface area (Å²) in [7, 11) is 0. The maximum absolute atomic E-state index is 12.8. The number of hydrogen-bond donors (Lipinski definition) is 0. The lowest BCUT2D eigenvalue weighted by atomic mass is 10.0. The van der Waals surface area contributed by atoms with Gasteiger partial charge in [0.2, 0.25) is 0 Å². The van der Waals surface area contributed by atoms with E-state index in [0.29, 0.717) is 5.56 Å². The molecule has 1 rings (SSSR count). The molecule has 70 valence electrons. The van der Waals surface area contributed by atoms with Gasteiger partial charge < -0.3 is 0 Å². The number of azide groups is 1. The van der Waals surface area contributed by atoms with Crippen molar-refractivity contribution in [3.63, 3.8) is 0 Å². The van der Waals surface area contributed by atoms with E-state index in [2.05, 4.69) is 10.0 Å². The fourth-order valence-corrected chi connectivity index (χ4v) is 1.06. The Morgan fingerprint density at radius 1 is 1.64 bits per heavy atom. The molecule has 0 aromatic heterocycles. The van der Waals surface area contributed by atoms with E-state index in [-0.39, 0.29) is 6.54 Å². The molecule has 0 heterocycles. The Morgan fingerprint density at radius 3 is 3.00 bits per heavy atom. The second-order valence-electron chi connectivity index (χ2n) is 2.65. The van der Waals surface area contributed by atoms with Gasteiger partial charge in [0.25, 0.3) is 0 Å². The van der Waals surface area contributed by atoms with Crippen molar-refractivity contribution in [3.8, 4) is 6.07 Å². The third kappa shape index (κ3) is 2.47. The lowest BCUT2D eigenvalue weighted by molar-refractivity contribution is 0.624. The van der Waals surface area contributed by atoms with E-state index in [4.69, 9.17) is 10.8 Å². The topological polar surface area (TPSA) is 72.5 Å². The lowest BCUT2D eigenvalue weighted by Crippen LogP contribution is -1.99. The molecule has 4 nitrogen and oxygen atoms in total. The molecule has 0 aliphatic heterocycles. The van der Waals surface area contributed by atoms with Crippen LogP contribution in [0.25, 0.3) is 10.4 Å². The van der Waals surface area contributed by atoms with E-state index >= 15 is 0 Å². The first-order chi connectivity index (χ1) is 6.77. The van der Waals surface area contributed by atoms with Crippen LogP contribution in [0.2, 0.25) is 0 Å². The standard InChI is InChI=1S/C9H7FN4/c10-9-3-1-2-7(4-9)8(5-11)6-13-14-12/h1-4,8H,6H2/t8-/m1/s1. The molecule has 0 amide bonds. The van der Waals surface area contributed by atoms with Gasteiger partial charge in [0.1, 0.15) is 5.82 Å².